The standard InChI is InChI=1S/C29H55N2O7PS/c1-4-5-6-7-8-9-10-11-12-13-14-15-16-17-18-19-22-35-25-27(38-29(32)31(2)3)26-37-39(33,34)36-23-20-28-30-21-24-40-28/h21,24,27H,4-20,22-23,25-26H2,1-3H3,(H,33,34). The Bertz CT molecular complexity index is 768. The van der Waals surface area contributed by atoms with Crippen LogP contribution in [0.4, 0.5) is 4.79 Å². The predicted molar refractivity (Wildman–Crippen MR) is 158 cm³/mol. The number of hydrogen-bond donors (Lipinski definition) is 0. The Balaban J connectivity index is 2.07. The molecule has 0 spiro atoms. The van der Waals surface area contributed by atoms with Gasteiger partial charge in [-0.25, -0.2) is 9.78 Å². The molecule has 0 fully saturated rings. The van der Waals surface area contributed by atoms with E-state index in [-0.39, 0.29) is 19.8 Å². The van der Waals surface area contributed by atoms with Gasteiger partial charge in [0, 0.05) is 20.7 Å². The van der Waals surface area contributed by atoms with Gasteiger partial charge in [0.05, 0.1) is 31.6 Å². The van der Waals surface area contributed by atoms with Gasteiger partial charge >= 0.3 is 6.09 Å². The number of aromatic amines is 1. The molecule has 1 rings (SSSR count). The normalized spacial score (nSPS) is 13.7. The molecule has 2 atom stereocenters. The van der Waals surface area contributed by atoms with Crippen molar-refractivity contribution in [2.45, 2.75) is 122 Å². The molecule has 0 bridgehead atoms. The number of nitrogens with one attached hydrogen (secondary N) is 1. The predicted octanol–water partition coefficient (Wildman–Crippen LogP) is 6.95. The molecule has 0 aliphatic carbocycles. The van der Waals surface area contributed by atoms with E-state index in [0.29, 0.717) is 13.0 Å². The smallest absolute Gasteiger partial charge is 0.409 e. The molecule has 0 aliphatic heterocycles. The fraction of sp³-hybridized carbons (Fsp3) is 0.862. The molecule has 11 heteroatoms. The molecule has 0 aliphatic rings. The van der Waals surface area contributed by atoms with Crippen molar-refractivity contribution in [1.29, 1.82) is 0 Å². The summed E-state index contributed by atoms with van der Waals surface area (Å²) in [6.07, 6.45) is 21.6. The van der Waals surface area contributed by atoms with Crippen molar-refractivity contribution >= 4 is 25.3 Å². The van der Waals surface area contributed by atoms with E-state index in [2.05, 4.69) is 11.9 Å². The number of rotatable bonds is 27. The Hall–Kier alpha value is -1.03. The number of carbonyl (C=O) groups excluding carboxylic acids is 1. The lowest BCUT2D eigenvalue weighted by Crippen LogP contribution is -2.34. The summed E-state index contributed by atoms with van der Waals surface area (Å²) in [6.45, 7) is 2.46. The minimum atomic E-state index is -4.53. The van der Waals surface area contributed by atoms with Gasteiger partial charge in [-0.3, -0.25) is 4.57 Å². The first kappa shape index (κ1) is 37.0. The van der Waals surface area contributed by atoms with Crippen LogP contribution in [0.15, 0.2) is 11.6 Å². The molecule has 40 heavy (non-hydrogen) atoms. The number of ether oxygens (including phenoxy) is 2. The van der Waals surface area contributed by atoms with Crippen molar-refractivity contribution in [3.05, 3.63) is 16.6 Å². The molecule has 1 aromatic rings. The summed E-state index contributed by atoms with van der Waals surface area (Å²) < 4.78 is 33.0. The molecular formula is C29H55N2O7PS. The van der Waals surface area contributed by atoms with Gasteiger partial charge in [0.25, 0.3) is 7.82 Å². The number of thiazole rings is 1. The maximum atomic E-state index is 12.1. The minimum Gasteiger partial charge on any atom is -0.756 e. The Morgan fingerprint density at radius 2 is 1.43 bits per heavy atom. The highest BCUT2D eigenvalue weighted by molar-refractivity contribution is 7.45. The van der Waals surface area contributed by atoms with Crippen molar-refractivity contribution in [3.63, 3.8) is 0 Å². The van der Waals surface area contributed by atoms with E-state index in [1.807, 2.05) is 5.38 Å². The first-order valence-electron chi connectivity index (χ1n) is 15.3. The van der Waals surface area contributed by atoms with Gasteiger partial charge in [0.15, 0.2) is 12.3 Å². The zero-order chi connectivity index (χ0) is 29.3. The van der Waals surface area contributed by atoms with Crippen LogP contribution >= 0.6 is 19.2 Å². The lowest BCUT2D eigenvalue weighted by atomic mass is 10.0. The Morgan fingerprint density at radius 3 is 1.93 bits per heavy atom. The number of H-pyrrole nitrogens is 1. The summed E-state index contributed by atoms with van der Waals surface area (Å²) in [6, 6.07) is 0. The molecule has 0 saturated heterocycles. The molecule has 234 valence electrons. The van der Waals surface area contributed by atoms with Crippen LogP contribution < -0.4 is 9.88 Å². The number of carbonyl (C=O) groups is 1. The summed E-state index contributed by atoms with van der Waals surface area (Å²) in [5.41, 5.74) is 0. The quantitative estimate of drug-likeness (QED) is 0.0787. The van der Waals surface area contributed by atoms with E-state index in [9.17, 15) is 14.3 Å². The third-order valence-corrected chi connectivity index (χ3v) is 8.44. The second kappa shape index (κ2) is 24.6. The molecule has 0 aromatic carbocycles. The van der Waals surface area contributed by atoms with Crippen LogP contribution in [0.1, 0.15) is 115 Å². The second-order valence-electron chi connectivity index (χ2n) is 10.6. The van der Waals surface area contributed by atoms with Crippen molar-refractivity contribution in [2.75, 3.05) is 40.5 Å². The van der Waals surface area contributed by atoms with Crippen molar-refractivity contribution < 1.29 is 37.8 Å². The number of unbranched alkanes of at least 4 members (excludes halogenated alkanes) is 15. The van der Waals surface area contributed by atoms with Crippen molar-refractivity contribution in [1.82, 2.24) is 4.90 Å². The van der Waals surface area contributed by atoms with Crippen LogP contribution in [0.3, 0.4) is 0 Å². The molecule has 1 amide bonds. The van der Waals surface area contributed by atoms with Gasteiger partial charge in [0.1, 0.15) is 0 Å². The van der Waals surface area contributed by atoms with E-state index in [1.54, 1.807) is 20.3 Å². The van der Waals surface area contributed by atoms with Gasteiger partial charge in [-0.1, -0.05) is 115 Å². The van der Waals surface area contributed by atoms with Crippen LogP contribution in [-0.4, -0.2) is 57.6 Å². The molecule has 1 heterocycles. The third kappa shape index (κ3) is 21.7. The van der Waals surface area contributed by atoms with Crippen LogP contribution in [0.25, 0.3) is 0 Å². The first-order valence-corrected chi connectivity index (χ1v) is 17.7. The van der Waals surface area contributed by atoms with Crippen LogP contribution in [0.5, 0.6) is 0 Å². The van der Waals surface area contributed by atoms with Gasteiger partial charge < -0.3 is 28.3 Å². The molecule has 2 unspecified atom stereocenters. The summed E-state index contributed by atoms with van der Waals surface area (Å²) in [5, 5.41) is 2.77. The maximum Gasteiger partial charge on any atom is 0.409 e. The Labute approximate surface area is 246 Å². The largest absolute Gasteiger partial charge is 0.756 e. The van der Waals surface area contributed by atoms with E-state index < -0.39 is 20.0 Å². The average Bonchev–Trinajstić information content (AvgIpc) is 3.44. The van der Waals surface area contributed by atoms with Gasteiger partial charge in [-0.2, -0.15) is 0 Å². The highest BCUT2D eigenvalue weighted by atomic mass is 32.1. The minimum absolute atomic E-state index is 0.0320. The fourth-order valence-electron chi connectivity index (χ4n) is 4.20. The van der Waals surface area contributed by atoms with E-state index in [4.69, 9.17) is 18.5 Å². The van der Waals surface area contributed by atoms with Gasteiger partial charge in [-0.05, 0) is 6.42 Å². The Kier molecular flexibility index (Phi) is 22.7. The zero-order valence-electron chi connectivity index (χ0n) is 25.2. The zero-order valence-corrected chi connectivity index (χ0v) is 27.0. The number of phosphoric acid groups is 1. The summed E-state index contributed by atoms with van der Waals surface area (Å²) in [5.74, 6) is 0. The highest BCUT2D eigenvalue weighted by Gasteiger charge is 2.20. The van der Waals surface area contributed by atoms with Crippen LogP contribution in [0, 0.1) is 0 Å². The highest BCUT2D eigenvalue weighted by Crippen LogP contribution is 2.38. The monoisotopic (exact) mass is 606 g/mol. The molecule has 0 radical (unpaired) electrons. The lowest BCUT2D eigenvalue weighted by Gasteiger charge is -2.26. The number of phosphoric ester groups is 1. The average molecular weight is 607 g/mol. The maximum absolute atomic E-state index is 12.1. The SMILES string of the molecule is CCCCCCCCCCCCCCCCCCOCC(COP(=O)([O-])OCCc1[nH+]ccs1)OC(=O)N(C)C. The van der Waals surface area contributed by atoms with Crippen LogP contribution in [0.2, 0.25) is 0 Å². The molecule has 9 nitrogen and oxygen atoms in total. The topological polar surface area (TPSA) is 112 Å². The molecule has 1 aromatic heterocycles. The summed E-state index contributed by atoms with van der Waals surface area (Å²) in [4.78, 5) is 28.4. The molecule has 1 N–H and O–H groups in total. The van der Waals surface area contributed by atoms with Crippen LogP contribution in [-0.2, 0) is 29.5 Å². The van der Waals surface area contributed by atoms with Gasteiger partial charge in [-0.15, -0.1) is 0 Å². The molecule has 0 saturated carbocycles. The van der Waals surface area contributed by atoms with Crippen molar-refractivity contribution in [2.24, 2.45) is 0 Å². The third-order valence-electron chi connectivity index (χ3n) is 6.60. The number of amides is 1. The summed E-state index contributed by atoms with van der Waals surface area (Å²) in [7, 11) is -1.42. The number of hydrogen-bond acceptors (Lipinski definition) is 8. The molecular weight excluding hydrogens is 551 g/mol. The van der Waals surface area contributed by atoms with E-state index >= 15 is 0 Å². The lowest BCUT2D eigenvalue weighted by molar-refractivity contribution is -0.382. The van der Waals surface area contributed by atoms with Gasteiger partial charge in [0.2, 0.25) is 5.01 Å². The number of nitrogens with zero attached hydrogens (tertiary/aromatic N) is 1. The van der Waals surface area contributed by atoms with Crippen molar-refractivity contribution in [3.8, 4) is 0 Å². The second-order valence-corrected chi connectivity index (χ2v) is 13.0. The fourth-order valence-corrected chi connectivity index (χ4v) is 5.58. The van der Waals surface area contributed by atoms with E-state index in [0.717, 1.165) is 17.8 Å². The first-order chi connectivity index (χ1) is 19.3. The Morgan fingerprint density at radius 1 is 0.875 bits per heavy atom. The van der Waals surface area contributed by atoms with E-state index in [1.165, 1.54) is 106 Å². The number of aromatic nitrogens is 1. The summed E-state index contributed by atoms with van der Waals surface area (Å²) >= 11 is 1.48.